The number of rotatable bonds is 2. The molecular formula is C12H20ClNO2. The van der Waals surface area contributed by atoms with E-state index in [1.54, 1.807) is 0 Å². The van der Waals surface area contributed by atoms with Gasteiger partial charge in [0.2, 0.25) is 0 Å². The molecule has 1 unspecified atom stereocenters. The highest BCUT2D eigenvalue weighted by Crippen LogP contribution is 2.29. The van der Waals surface area contributed by atoms with Gasteiger partial charge in [-0.1, -0.05) is 0 Å². The van der Waals surface area contributed by atoms with E-state index in [1.807, 2.05) is 11.8 Å². The predicted molar refractivity (Wildman–Crippen MR) is 63.6 cm³/mol. The van der Waals surface area contributed by atoms with Gasteiger partial charge in [-0.15, -0.1) is 11.6 Å². The predicted octanol–water partition coefficient (Wildman–Crippen LogP) is 2.03. The zero-order valence-electron chi connectivity index (χ0n) is 9.88. The van der Waals surface area contributed by atoms with E-state index in [1.165, 1.54) is 0 Å². The maximum Gasteiger partial charge on any atom is 0.254 e. The summed E-state index contributed by atoms with van der Waals surface area (Å²) in [5.41, 5.74) is -0.548. The van der Waals surface area contributed by atoms with E-state index in [4.69, 9.17) is 16.3 Å². The van der Waals surface area contributed by atoms with E-state index in [2.05, 4.69) is 0 Å². The first-order valence-corrected chi connectivity index (χ1v) is 6.68. The van der Waals surface area contributed by atoms with Crippen LogP contribution in [-0.2, 0) is 9.53 Å². The molecule has 0 aromatic heterocycles. The molecule has 2 saturated heterocycles. The van der Waals surface area contributed by atoms with Crippen molar-refractivity contribution in [3.63, 3.8) is 0 Å². The van der Waals surface area contributed by atoms with Gasteiger partial charge in [-0.2, -0.15) is 0 Å². The summed E-state index contributed by atoms with van der Waals surface area (Å²) in [6.45, 7) is 4.33. The van der Waals surface area contributed by atoms with Crippen molar-refractivity contribution in [2.24, 2.45) is 5.92 Å². The lowest BCUT2D eigenvalue weighted by atomic mass is 9.95. The number of amides is 1. The lowest BCUT2D eigenvalue weighted by molar-refractivity contribution is -0.152. The summed E-state index contributed by atoms with van der Waals surface area (Å²) in [7, 11) is 0. The normalized spacial score (nSPS) is 32.0. The van der Waals surface area contributed by atoms with E-state index < -0.39 is 5.60 Å². The maximum atomic E-state index is 12.3. The van der Waals surface area contributed by atoms with Crippen molar-refractivity contribution in [2.75, 3.05) is 25.6 Å². The molecule has 1 atom stereocenters. The number of carbonyl (C=O) groups is 1. The van der Waals surface area contributed by atoms with Crippen molar-refractivity contribution in [3.05, 3.63) is 0 Å². The van der Waals surface area contributed by atoms with Crippen molar-refractivity contribution >= 4 is 17.5 Å². The summed E-state index contributed by atoms with van der Waals surface area (Å²) in [6.07, 6.45) is 3.93. The summed E-state index contributed by atoms with van der Waals surface area (Å²) in [4.78, 5) is 14.2. The van der Waals surface area contributed by atoms with Gasteiger partial charge < -0.3 is 9.64 Å². The first-order valence-electron chi connectivity index (χ1n) is 6.15. The fourth-order valence-electron chi connectivity index (χ4n) is 2.57. The van der Waals surface area contributed by atoms with Crippen LogP contribution in [0.5, 0.6) is 0 Å². The lowest BCUT2D eigenvalue weighted by Crippen LogP contribution is -2.49. The van der Waals surface area contributed by atoms with E-state index >= 15 is 0 Å². The molecule has 2 aliphatic rings. The van der Waals surface area contributed by atoms with Crippen LogP contribution < -0.4 is 0 Å². The van der Waals surface area contributed by atoms with Crippen LogP contribution in [0.2, 0.25) is 0 Å². The van der Waals surface area contributed by atoms with Crippen LogP contribution in [0, 0.1) is 5.92 Å². The quantitative estimate of drug-likeness (QED) is 0.697. The molecule has 0 aliphatic carbocycles. The minimum absolute atomic E-state index is 0.179. The molecule has 16 heavy (non-hydrogen) atoms. The lowest BCUT2D eigenvalue weighted by Gasteiger charge is -2.36. The van der Waals surface area contributed by atoms with E-state index in [0.29, 0.717) is 5.92 Å². The Morgan fingerprint density at radius 2 is 2.19 bits per heavy atom. The van der Waals surface area contributed by atoms with Gasteiger partial charge >= 0.3 is 0 Å². The first-order chi connectivity index (χ1) is 7.65. The number of alkyl halides is 1. The van der Waals surface area contributed by atoms with Crippen molar-refractivity contribution in [2.45, 2.75) is 38.2 Å². The average molecular weight is 246 g/mol. The summed E-state index contributed by atoms with van der Waals surface area (Å²) in [6, 6.07) is 0. The molecule has 0 radical (unpaired) electrons. The fraction of sp³-hybridized carbons (Fsp3) is 0.917. The highest BCUT2D eigenvalue weighted by molar-refractivity contribution is 6.18. The number of halogens is 1. The monoisotopic (exact) mass is 245 g/mol. The Balaban J connectivity index is 1.91. The molecule has 2 rings (SSSR count). The second-order valence-corrected chi connectivity index (χ2v) is 5.38. The van der Waals surface area contributed by atoms with Crippen LogP contribution in [0.25, 0.3) is 0 Å². The minimum atomic E-state index is -0.548. The SMILES string of the molecule is CC1(C(=O)N2CCC(CCl)CC2)CCCO1. The summed E-state index contributed by atoms with van der Waals surface area (Å²) in [5.74, 6) is 1.48. The van der Waals surface area contributed by atoms with Crippen LogP contribution in [0.1, 0.15) is 32.6 Å². The van der Waals surface area contributed by atoms with E-state index in [-0.39, 0.29) is 5.91 Å². The molecule has 4 heteroatoms. The number of hydrogen-bond acceptors (Lipinski definition) is 2. The molecule has 92 valence electrons. The number of nitrogens with zero attached hydrogens (tertiary/aromatic N) is 1. The molecular weight excluding hydrogens is 226 g/mol. The molecule has 0 bridgehead atoms. The number of carbonyl (C=O) groups excluding carboxylic acids is 1. The van der Waals surface area contributed by atoms with Gasteiger partial charge in [-0.25, -0.2) is 0 Å². The number of piperidine rings is 1. The van der Waals surface area contributed by atoms with Crippen molar-refractivity contribution < 1.29 is 9.53 Å². The van der Waals surface area contributed by atoms with Gasteiger partial charge in [0, 0.05) is 25.6 Å². The zero-order valence-corrected chi connectivity index (χ0v) is 10.6. The fourth-order valence-corrected chi connectivity index (χ4v) is 2.88. The van der Waals surface area contributed by atoms with Crippen molar-refractivity contribution in [1.29, 1.82) is 0 Å². The standard InChI is InChI=1S/C12H20ClNO2/c1-12(5-2-8-16-12)11(15)14-6-3-10(9-13)4-7-14/h10H,2-9H2,1H3. The molecule has 0 spiro atoms. The van der Waals surface area contributed by atoms with Crippen LogP contribution in [-0.4, -0.2) is 42.0 Å². The Kier molecular flexibility index (Phi) is 3.75. The summed E-state index contributed by atoms with van der Waals surface area (Å²) in [5, 5.41) is 0. The van der Waals surface area contributed by atoms with E-state index in [0.717, 1.165) is 51.3 Å². The number of ether oxygens (including phenoxy) is 1. The van der Waals surface area contributed by atoms with Crippen LogP contribution in [0.4, 0.5) is 0 Å². The van der Waals surface area contributed by atoms with Gasteiger partial charge in [0.1, 0.15) is 5.60 Å². The summed E-state index contributed by atoms with van der Waals surface area (Å²) >= 11 is 5.83. The third-order valence-electron chi connectivity index (χ3n) is 3.79. The topological polar surface area (TPSA) is 29.5 Å². The molecule has 0 saturated carbocycles. The molecule has 0 aromatic carbocycles. The number of hydrogen-bond donors (Lipinski definition) is 0. The molecule has 2 fully saturated rings. The van der Waals surface area contributed by atoms with E-state index in [9.17, 15) is 4.79 Å². The van der Waals surface area contributed by atoms with Crippen LogP contribution in [0.15, 0.2) is 0 Å². The molecule has 1 amide bonds. The Morgan fingerprint density at radius 3 is 2.69 bits per heavy atom. The second-order valence-electron chi connectivity index (χ2n) is 5.07. The van der Waals surface area contributed by atoms with Crippen molar-refractivity contribution in [1.82, 2.24) is 4.90 Å². The molecule has 2 aliphatic heterocycles. The first kappa shape index (κ1) is 12.2. The van der Waals surface area contributed by atoms with Gasteiger partial charge in [0.05, 0.1) is 0 Å². The van der Waals surface area contributed by atoms with Crippen molar-refractivity contribution in [3.8, 4) is 0 Å². The maximum absolute atomic E-state index is 12.3. The second kappa shape index (κ2) is 4.92. The third kappa shape index (κ3) is 2.35. The van der Waals surface area contributed by atoms with Gasteiger partial charge in [0.15, 0.2) is 0 Å². The Morgan fingerprint density at radius 1 is 1.50 bits per heavy atom. The number of likely N-dealkylation sites (tertiary alicyclic amines) is 1. The average Bonchev–Trinajstić information content (AvgIpc) is 2.77. The molecule has 0 aromatic rings. The zero-order chi connectivity index (χ0) is 11.6. The molecule has 3 nitrogen and oxygen atoms in total. The Bertz CT molecular complexity index is 256. The largest absolute Gasteiger partial charge is 0.365 e. The van der Waals surface area contributed by atoms with Gasteiger partial charge in [-0.05, 0) is 38.5 Å². The smallest absolute Gasteiger partial charge is 0.254 e. The van der Waals surface area contributed by atoms with Crippen LogP contribution >= 0.6 is 11.6 Å². The Labute approximate surface area is 102 Å². The molecule has 0 N–H and O–H groups in total. The van der Waals surface area contributed by atoms with Gasteiger partial charge in [0.25, 0.3) is 5.91 Å². The Hall–Kier alpha value is -0.280. The highest BCUT2D eigenvalue weighted by atomic mass is 35.5. The third-order valence-corrected chi connectivity index (χ3v) is 4.23. The summed E-state index contributed by atoms with van der Waals surface area (Å²) < 4.78 is 5.59. The van der Waals surface area contributed by atoms with Crippen LogP contribution in [0.3, 0.4) is 0 Å². The molecule has 2 heterocycles. The minimum Gasteiger partial charge on any atom is -0.365 e. The van der Waals surface area contributed by atoms with Gasteiger partial charge in [-0.3, -0.25) is 4.79 Å². The highest BCUT2D eigenvalue weighted by Gasteiger charge is 2.41.